The first-order valence-corrected chi connectivity index (χ1v) is 8.24. The van der Waals surface area contributed by atoms with Crippen LogP contribution in [0.25, 0.3) is 11.0 Å². The number of hydrogen-bond acceptors (Lipinski definition) is 3. The number of benzene rings is 1. The second-order valence-electron chi connectivity index (χ2n) is 5.24. The van der Waals surface area contributed by atoms with Crippen molar-refractivity contribution in [2.24, 2.45) is 0 Å². The van der Waals surface area contributed by atoms with E-state index in [9.17, 15) is 4.79 Å². The van der Waals surface area contributed by atoms with Crippen molar-refractivity contribution in [3.05, 3.63) is 30.1 Å². The van der Waals surface area contributed by atoms with Crippen molar-refractivity contribution >= 4 is 28.6 Å². The third-order valence-corrected chi connectivity index (χ3v) is 4.27. The summed E-state index contributed by atoms with van der Waals surface area (Å²) in [6.07, 6.45) is 1.48. The number of ketones is 1. The lowest BCUT2D eigenvalue weighted by Crippen LogP contribution is -2.13. The lowest BCUT2D eigenvalue weighted by atomic mass is 10.3. The number of aryl methyl sites for hydroxylation is 1. The zero-order valence-corrected chi connectivity index (χ0v) is 13.2. The molecule has 0 N–H and O–H groups in total. The number of rotatable bonds is 7. The van der Waals surface area contributed by atoms with E-state index in [-0.39, 0.29) is 5.78 Å². The Morgan fingerprint density at radius 2 is 2.10 bits per heavy atom. The molecular formula is C16H22N2OS. The Morgan fingerprint density at radius 3 is 2.80 bits per heavy atom. The average Bonchev–Trinajstić information content (AvgIpc) is 2.75. The van der Waals surface area contributed by atoms with Crippen LogP contribution in [0.4, 0.5) is 0 Å². The smallest absolute Gasteiger partial charge is 0.150 e. The maximum atomic E-state index is 12.1. The van der Waals surface area contributed by atoms with Crippen molar-refractivity contribution in [2.45, 2.75) is 45.4 Å². The molecule has 0 aliphatic rings. The van der Waals surface area contributed by atoms with Gasteiger partial charge in [0.1, 0.15) is 11.6 Å². The summed E-state index contributed by atoms with van der Waals surface area (Å²) in [7, 11) is 0. The fourth-order valence-electron chi connectivity index (χ4n) is 2.22. The van der Waals surface area contributed by atoms with Crippen molar-refractivity contribution in [3.8, 4) is 0 Å². The predicted octanol–water partition coefficient (Wildman–Crippen LogP) is 3.70. The summed E-state index contributed by atoms with van der Waals surface area (Å²) < 4.78 is 2.19. The molecule has 0 atom stereocenters. The molecule has 0 aliphatic carbocycles. The molecule has 4 heteroatoms. The Labute approximate surface area is 124 Å². The minimum Gasteiger partial charge on any atom is -0.328 e. The highest BCUT2D eigenvalue weighted by atomic mass is 32.2. The maximum absolute atomic E-state index is 12.1. The number of fused-ring (bicyclic) bond motifs is 1. The molecule has 2 rings (SSSR count). The van der Waals surface area contributed by atoms with Gasteiger partial charge in [0.05, 0.1) is 23.2 Å². The van der Waals surface area contributed by atoms with Gasteiger partial charge in [0, 0.05) is 6.54 Å². The van der Waals surface area contributed by atoms with E-state index in [1.807, 2.05) is 18.2 Å². The van der Waals surface area contributed by atoms with E-state index in [4.69, 9.17) is 0 Å². The average molecular weight is 290 g/mol. The molecule has 20 heavy (non-hydrogen) atoms. The largest absolute Gasteiger partial charge is 0.328 e. The molecule has 0 amide bonds. The number of para-hydroxylation sites is 2. The lowest BCUT2D eigenvalue weighted by Gasteiger charge is -2.08. The highest BCUT2D eigenvalue weighted by Gasteiger charge is 2.13. The second kappa shape index (κ2) is 6.93. The lowest BCUT2D eigenvalue weighted by molar-refractivity contribution is -0.116. The summed E-state index contributed by atoms with van der Waals surface area (Å²) in [6, 6.07) is 8.11. The van der Waals surface area contributed by atoms with Gasteiger partial charge in [0.25, 0.3) is 0 Å². The minimum atomic E-state index is 0.261. The minimum absolute atomic E-state index is 0.261. The number of carbonyl (C=O) groups is 1. The molecule has 2 aromatic rings. The highest BCUT2D eigenvalue weighted by molar-refractivity contribution is 8.00. The van der Waals surface area contributed by atoms with Gasteiger partial charge in [0.15, 0.2) is 0 Å². The molecule has 0 unspecified atom stereocenters. The van der Waals surface area contributed by atoms with Gasteiger partial charge in [-0.15, -0.1) is 0 Å². The first kappa shape index (κ1) is 15.1. The molecule has 0 spiro atoms. The van der Waals surface area contributed by atoms with E-state index < -0.39 is 0 Å². The van der Waals surface area contributed by atoms with Gasteiger partial charge in [0.2, 0.25) is 0 Å². The van der Waals surface area contributed by atoms with Crippen molar-refractivity contribution in [1.29, 1.82) is 0 Å². The van der Waals surface area contributed by atoms with E-state index >= 15 is 0 Å². The fourth-order valence-corrected chi connectivity index (χ4v) is 2.84. The van der Waals surface area contributed by atoms with Crippen LogP contribution in [0.2, 0.25) is 0 Å². The summed E-state index contributed by atoms with van der Waals surface area (Å²) in [5.74, 6) is 1.74. The van der Waals surface area contributed by atoms with Crippen LogP contribution >= 0.6 is 11.8 Å². The van der Waals surface area contributed by atoms with E-state index in [2.05, 4.69) is 36.4 Å². The third-order valence-electron chi connectivity index (χ3n) is 3.11. The first-order chi connectivity index (χ1) is 9.61. The fraction of sp³-hybridized carbons (Fsp3) is 0.500. The van der Waals surface area contributed by atoms with Crippen molar-refractivity contribution in [2.75, 3.05) is 5.75 Å². The normalized spacial score (nSPS) is 11.4. The van der Waals surface area contributed by atoms with Crippen LogP contribution in [0.1, 0.15) is 33.0 Å². The zero-order chi connectivity index (χ0) is 14.5. The van der Waals surface area contributed by atoms with Crippen molar-refractivity contribution in [3.63, 3.8) is 0 Å². The van der Waals surface area contributed by atoms with Crippen LogP contribution in [-0.4, -0.2) is 26.3 Å². The number of aromatic nitrogens is 2. The molecular weight excluding hydrogens is 268 g/mol. The van der Waals surface area contributed by atoms with Crippen LogP contribution < -0.4 is 0 Å². The molecule has 108 valence electrons. The molecule has 0 bridgehead atoms. The monoisotopic (exact) mass is 290 g/mol. The van der Waals surface area contributed by atoms with Crippen molar-refractivity contribution < 1.29 is 4.79 Å². The van der Waals surface area contributed by atoms with Crippen LogP contribution in [0.3, 0.4) is 0 Å². The Morgan fingerprint density at radius 1 is 1.35 bits per heavy atom. The number of nitrogens with zero attached hydrogens (tertiary/aromatic N) is 2. The van der Waals surface area contributed by atoms with Gasteiger partial charge in [-0.1, -0.05) is 32.9 Å². The quantitative estimate of drug-likeness (QED) is 0.780. The summed E-state index contributed by atoms with van der Waals surface area (Å²) in [6.45, 7) is 7.30. The number of Topliss-reactive ketones (excluding diaryl/α,β-unsaturated/α-hetero) is 1. The maximum Gasteiger partial charge on any atom is 0.150 e. The molecule has 1 heterocycles. The topological polar surface area (TPSA) is 34.9 Å². The van der Waals surface area contributed by atoms with Crippen LogP contribution in [-0.2, 0) is 17.8 Å². The first-order valence-electron chi connectivity index (χ1n) is 7.19. The van der Waals surface area contributed by atoms with E-state index in [1.54, 1.807) is 11.8 Å². The van der Waals surface area contributed by atoms with E-state index in [0.29, 0.717) is 17.4 Å². The number of carbonyl (C=O) groups excluding carboxylic acids is 1. The van der Waals surface area contributed by atoms with Gasteiger partial charge in [-0.2, -0.15) is 11.8 Å². The van der Waals surface area contributed by atoms with Crippen LogP contribution in [0, 0.1) is 0 Å². The van der Waals surface area contributed by atoms with Crippen LogP contribution in [0.15, 0.2) is 24.3 Å². The van der Waals surface area contributed by atoms with Gasteiger partial charge in [-0.05, 0) is 23.8 Å². The Bertz CT molecular complexity index is 589. The number of hydrogen-bond donors (Lipinski definition) is 0. The van der Waals surface area contributed by atoms with Crippen molar-refractivity contribution in [1.82, 2.24) is 9.55 Å². The Hall–Kier alpha value is -1.29. The molecule has 0 radical (unpaired) electrons. The van der Waals surface area contributed by atoms with Gasteiger partial charge < -0.3 is 4.57 Å². The van der Waals surface area contributed by atoms with Crippen LogP contribution in [0.5, 0.6) is 0 Å². The molecule has 1 aromatic heterocycles. The molecule has 0 saturated heterocycles. The zero-order valence-electron chi connectivity index (χ0n) is 12.4. The van der Waals surface area contributed by atoms with E-state index in [0.717, 1.165) is 29.8 Å². The van der Waals surface area contributed by atoms with Gasteiger partial charge >= 0.3 is 0 Å². The summed E-state index contributed by atoms with van der Waals surface area (Å²) in [5, 5.41) is 0.494. The molecule has 1 aromatic carbocycles. The molecule has 0 fully saturated rings. The third kappa shape index (κ3) is 3.63. The standard InChI is InChI=1S/C16H22N2OS/c1-4-9-18-15-8-6-5-7-14(15)17-16(18)10-13(19)11-20-12(2)3/h5-8,12H,4,9-11H2,1-3H3. The predicted molar refractivity (Wildman–Crippen MR) is 86.3 cm³/mol. The van der Waals surface area contributed by atoms with Gasteiger partial charge in [-0.3, -0.25) is 4.79 Å². The summed E-state index contributed by atoms with van der Waals surface area (Å²) in [4.78, 5) is 16.7. The van der Waals surface area contributed by atoms with Gasteiger partial charge in [-0.25, -0.2) is 4.98 Å². The number of thioether (sulfide) groups is 1. The molecule has 0 saturated carbocycles. The number of imidazole rings is 1. The highest BCUT2D eigenvalue weighted by Crippen LogP contribution is 2.18. The summed E-state index contributed by atoms with van der Waals surface area (Å²) in [5.41, 5.74) is 2.12. The summed E-state index contributed by atoms with van der Waals surface area (Å²) >= 11 is 1.70. The second-order valence-corrected chi connectivity index (χ2v) is 6.81. The SMILES string of the molecule is CCCn1c(CC(=O)CSC(C)C)nc2ccccc21. The van der Waals surface area contributed by atoms with E-state index in [1.165, 1.54) is 0 Å². The molecule has 0 aliphatic heterocycles. The Kier molecular flexibility index (Phi) is 5.24. The molecule has 3 nitrogen and oxygen atoms in total. The Balaban J connectivity index is 2.20.